The van der Waals surface area contributed by atoms with E-state index in [2.05, 4.69) is 18.7 Å². The van der Waals surface area contributed by atoms with E-state index in [1.165, 1.54) is 17.1 Å². The van der Waals surface area contributed by atoms with Crippen LogP contribution in [0.5, 0.6) is 0 Å². The lowest BCUT2D eigenvalue weighted by Crippen LogP contribution is -2.47. The SMILES string of the molecule is CC(C)C1CC(N2CCCC2)CN1S(=O)(=O)N(C)CCC#N. The fourth-order valence-electron chi connectivity index (χ4n) is 3.56. The second kappa shape index (κ2) is 7.26. The van der Waals surface area contributed by atoms with Crippen molar-refractivity contribution in [2.24, 2.45) is 5.92 Å². The Morgan fingerprint density at radius 2 is 1.95 bits per heavy atom. The molecule has 2 aliphatic rings. The number of nitriles is 1. The van der Waals surface area contributed by atoms with Crippen molar-refractivity contribution in [3.05, 3.63) is 0 Å². The van der Waals surface area contributed by atoms with E-state index >= 15 is 0 Å². The Balaban J connectivity index is 2.14. The second-order valence-electron chi connectivity index (χ2n) is 6.75. The van der Waals surface area contributed by atoms with E-state index < -0.39 is 10.2 Å². The highest BCUT2D eigenvalue weighted by Crippen LogP contribution is 2.32. The van der Waals surface area contributed by atoms with E-state index in [1.54, 1.807) is 11.4 Å². The van der Waals surface area contributed by atoms with Gasteiger partial charge in [0.1, 0.15) is 0 Å². The molecule has 2 atom stereocenters. The summed E-state index contributed by atoms with van der Waals surface area (Å²) in [5.74, 6) is 0.298. The van der Waals surface area contributed by atoms with Gasteiger partial charge in [-0.1, -0.05) is 13.8 Å². The van der Waals surface area contributed by atoms with E-state index in [9.17, 15) is 8.42 Å². The average Bonchev–Trinajstić information content (AvgIpc) is 3.12. The smallest absolute Gasteiger partial charge is 0.282 e. The normalized spacial score (nSPS) is 27.8. The Hall–Kier alpha value is -0.680. The molecule has 0 radical (unpaired) electrons. The van der Waals surface area contributed by atoms with Crippen molar-refractivity contribution in [1.82, 2.24) is 13.5 Å². The molecule has 0 aromatic heterocycles. The summed E-state index contributed by atoms with van der Waals surface area (Å²) in [7, 11) is -1.90. The Morgan fingerprint density at radius 1 is 1.32 bits per heavy atom. The van der Waals surface area contributed by atoms with Gasteiger partial charge in [-0.15, -0.1) is 0 Å². The minimum absolute atomic E-state index is 0.0557. The van der Waals surface area contributed by atoms with Crippen molar-refractivity contribution < 1.29 is 8.42 Å². The largest absolute Gasteiger partial charge is 0.299 e. The van der Waals surface area contributed by atoms with Crippen LogP contribution in [0.1, 0.15) is 39.5 Å². The molecule has 0 saturated carbocycles. The molecular weight excluding hydrogens is 300 g/mol. The fourth-order valence-corrected chi connectivity index (χ4v) is 5.27. The maximum absolute atomic E-state index is 12.8. The number of hydrogen-bond acceptors (Lipinski definition) is 4. The number of rotatable bonds is 6. The van der Waals surface area contributed by atoms with Crippen molar-refractivity contribution >= 4 is 10.2 Å². The molecule has 6 nitrogen and oxygen atoms in total. The predicted octanol–water partition coefficient (Wildman–Crippen LogP) is 1.27. The molecule has 0 bridgehead atoms. The minimum atomic E-state index is -3.48. The number of hydrogen-bond donors (Lipinski definition) is 0. The summed E-state index contributed by atoms with van der Waals surface area (Å²) in [5.41, 5.74) is 0. The lowest BCUT2D eigenvalue weighted by molar-refractivity contribution is 0.249. The van der Waals surface area contributed by atoms with Gasteiger partial charge in [0.05, 0.1) is 6.07 Å². The average molecular weight is 328 g/mol. The Kier molecular flexibility index (Phi) is 5.83. The molecule has 0 aliphatic carbocycles. The summed E-state index contributed by atoms with van der Waals surface area (Å²) in [6, 6.07) is 2.41. The van der Waals surface area contributed by atoms with Gasteiger partial charge in [-0.05, 0) is 38.3 Å². The van der Waals surface area contributed by atoms with Crippen molar-refractivity contribution in [2.45, 2.75) is 51.6 Å². The topological polar surface area (TPSA) is 67.7 Å². The molecule has 7 heteroatoms. The third-order valence-electron chi connectivity index (χ3n) is 4.93. The molecule has 2 saturated heterocycles. The molecule has 22 heavy (non-hydrogen) atoms. The molecule has 2 heterocycles. The Bertz CT molecular complexity index is 508. The first-order valence-corrected chi connectivity index (χ1v) is 9.61. The molecule has 0 amide bonds. The maximum atomic E-state index is 12.8. The zero-order valence-electron chi connectivity index (χ0n) is 13.9. The maximum Gasteiger partial charge on any atom is 0.282 e. The van der Waals surface area contributed by atoms with Gasteiger partial charge in [-0.2, -0.15) is 22.3 Å². The summed E-state index contributed by atoms with van der Waals surface area (Å²) in [6.45, 7) is 7.21. The lowest BCUT2D eigenvalue weighted by Gasteiger charge is -2.30. The molecule has 0 spiro atoms. The van der Waals surface area contributed by atoms with E-state index in [0.29, 0.717) is 18.5 Å². The first kappa shape index (κ1) is 17.7. The molecule has 2 aliphatic heterocycles. The Labute approximate surface area is 134 Å². The summed E-state index contributed by atoms with van der Waals surface area (Å²) in [4.78, 5) is 2.44. The van der Waals surface area contributed by atoms with Crippen LogP contribution in [-0.2, 0) is 10.2 Å². The molecule has 2 rings (SSSR count). The highest BCUT2D eigenvalue weighted by Gasteiger charge is 2.44. The first-order valence-electron chi connectivity index (χ1n) is 8.22. The molecule has 126 valence electrons. The van der Waals surface area contributed by atoms with Crippen LogP contribution in [0.3, 0.4) is 0 Å². The van der Waals surface area contributed by atoms with Crippen LogP contribution in [0.15, 0.2) is 0 Å². The van der Waals surface area contributed by atoms with Crippen LogP contribution in [0.2, 0.25) is 0 Å². The van der Waals surface area contributed by atoms with Gasteiger partial charge in [-0.3, -0.25) is 4.90 Å². The highest BCUT2D eigenvalue weighted by molar-refractivity contribution is 7.86. The second-order valence-corrected chi connectivity index (χ2v) is 8.74. The van der Waals surface area contributed by atoms with E-state index in [1.807, 2.05) is 6.07 Å². The summed E-state index contributed by atoms with van der Waals surface area (Å²) >= 11 is 0. The van der Waals surface area contributed by atoms with Crippen LogP contribution < -0.4 is 0 Å². The highest BCUT2D eigenvalue weighted by atomic mass is 32.2. The van der Waals surface area contributed by atoms with Crippen LogP contribution in [-0.4, -0.2) is 67.2 Å². The summed E-state index contributed by atoms with van der Waals surface area (Å²) in [5, 5.41) is 8.68. The van der Waals surface area contributed by atoms with E-state index in [-0.39, 0.29) is 19.0 Å². The monoisotopic (exact) mass is 328 g/mol. The summed E-state index contributed by atoms with van der Waals surface area (Å²) in [6.07, 6.45) is 3.59. The number of likely N-dealkylation sites (tertiary alicyclic amines) is 1. The van der Waals surface area contributed by atoms with Gasteiger partial charge in [0.2, 0.25) is 0 Å². The molecule has 0 aromatic rings. The van der Waals surface area contributed by atoms with Crippen LogP contribution in [0.4, 0.5) is 0 Å². The van der Waals surface area contributed by atoms with E-state index in [4.69, 9.17) is 5.26 Å². The van der Waals surface area contributed by atoms with Gasteiger partial charge < -0.3 is 0 Å². The van der Waals surface area contributed by atoms with Crippen LogP contribution >= 0.6 is 0 Å². The molecule has 2 fully saturated rings. The quantitative estimate of drug-likeness (QED) is 0.736. The van der Waals surface area contributed by atoms with Gasteiger partial charge in [0.25, 0.3) is 10.2 Å². The van der Waals surface area contributed by atoms with Gasteiger partial charge in [-0.25, -0.2) is 0 Å². The standard InChI is InChI=1S/C15H28N4O2S/c1-13(2)15-11-14(18-9-4-5-10-18)12-19(15)22(20,21)17(3)8-6-7-16/h13-15H,4-6,8-12H2,1-3H3. The van der Waals surface area contributed by atoms with Gasteiger partial charge >= 0.3 is 0 Å². The predicted molar refractivity (Wildman–Crippen MR) is 86.3 cm³/mol. The van der Waals surface area contributed by atoms with Crippen molar-refractivity contribution in [3.63, 3.8) is 0 Å². The van der Waals surface area contributed by atoms with Gasteiger partial charge in [0, 0.05) is 38.6 Å². The Morgan fingerprint density at radius 3 is 2.50 bits per heavy atom. The van der Waals surface area contributed by atoms with Crippen molar-refractivity contribution in [1.29, 1.82) is 5.26 Å². The zero-order chi connectivity index (χ0) is 16.3. The van der Waals surface area contributed by atoms with Gasteiger partial charge in [0.15, 0.2) is 0 Å². The lowest BCUT2D eigenvalue weighted by atomic mass is 10.0. The van der Waals surface area contributed by atoms with Crippen LogP contribution in [0, 0.1) is 17.2 Å². The zero-order valence-corrected chi connectivity index (χ0v) is 14.7. The van der Waals surface area contributed by atoms with Crippen molar-refractivity contribution in [2.75, 3.05) is 33.2 Å². The molecule has 0 aromatic carbocycles. The first-order chi connectivity index (χ1) is 10.4. The third kappa shape index (κ3) is 3.62. The summed E-state index contributed by atoms with van der Waals surface area (Å²) < 4.78 is 28.7. The van der Waals surface area contributed by atoms with E-state index in [0.717, 1.165) is 19.5 Å². The molecular formula is C15H28N4O2S. The minimum Gasteiger partial charge on any atom is -0.299 e. The fraction of sp³-hybridized carbons (Fsp3) is 0.933. The molecule has 0 N–H and O–H groups in total. The van der Waals surface area contributed by atoms with Crippen LogP contribution in [0.25, 0.3) is 0 Å². The molecule has 2 unspecified atom stereocenters. The van der Waals surface area contributed by atoms with Crippen molar-refractivity contribution in [3.8, 4) is 6.07 Å². The third-order valence-corrected chi connectivity index (χ3v) is 6.91. The number of nitrogens with zero attached hydrogens (tertiary/aromatic N) is 4.